The molecule has 0 aliphatic carbocycles. The fraction of sp³-hybridized carbons (Fsp3) is 0.308. The van der Waals surface area contributed by atoms with E-state index < -0.39 is 0 Å². The third-order valence-corrected chi connectivity index (χ3v) is 2.95. The number of aldehydes is 1. The summed E-state index contributed by atoms with van der Waals surface area (Å²) in [5.41, 5.74) is 0.347. The van der Waals surface area contributed by atoms with E-state index in [1.165, 1.54) is 6.33 Å². The largest absolute Gasteiger partial charge is 0.485 e. The Morgan fingerprint density at radius 2 is 2.26 bits per heavy atom. The van der Waals surface area contributed by atoms with E-state index in [1.807, 2.05) is 13.8 Å². The Balaban J connectivity index is 2.17. The van der Waals surface area contributed by atoms with Gasteiger partial charge in [-0.15, -0.1) is 0 Å². The highest BCUT2D eigenvalue weighted by atomic mass is 35.5. The van der Waals surface area contributed by atoms with Crippen molar-refractivity contribution in [3.63, 3.8) is 0 Å². The molecule has 0 fully saturated rings. The van der Waals surface area contributed by atoms with Crippen LogP contribution >= 0.6 is 11.6 Å². The summed E-state index contributed by atoms with van der Waals surface area (Å²) in [7, 11) is 0. The molecule has 0 bridgehead atoms. The van der Waals surface area contributed by atoms with Gasteiger partial charge in [-0.3, -0.25) is 4.79 Å². The van der Waals surface area contributed by atoms with Gasteiger partial charge in [0.15, 0.2) is 12.1 Å². The van der Waals surface area contributed by atoms with Gasteiger partial charge in [-0.05, 0) is 26.0 Å². The molecule has 0 aliphatic heterocycles. The van der Waals surface area contributed by atoms with Crippen LogP contribution in [-0.2, 0) is 6.61 Å². The van der Waals surface area contributed by atoms with Crippen molar-refractivity contribution in [1.82, 2.24) is 14.8 Å². The summed E-state index contributed by atoms with van der Waals surface area (Å²) in [4.78, 5) is 15.1. The molecule has 1 aromatic heterocycles. The van der Waals surface area contributed by atoms with Crippen molar-refractivity contribution >= 4 is 17.9 Å². The molecule has 0 spiro atoms. The van der Waals surface area contributed by atoms with Crippen molar-refractivity contribution in [2.24, 2.45) is 0 Å². The smallest absolute Gasteiger partial charge is 0.165 e. The van der Waals surface area contributed by atoms with E-state index in [2.05, 4.69) is 10.1 Å². The molecule has 0 aliphatic rings. The Hall–Kier alpha value is -1.88. The zero-order valence-corrected chi connectivity index (χ0v) is 11.5. The number of halogens is 1. The summed E-state index contributed by atoms with van der Waals surface area (Å²) in [5.74, 6) is 1.15. The average Bonchev–Trinajstić information content (AvgIpc) is 2.84. The maximum Gasteiger partial charge on any atom is 0.165 e. The van der Waals surface area contributed by atoms with Crippen molar-refractivity contribution in [3.8, 4) is 5.75 Å². The Kier molecular flexibility index (Phi) is 4.16. The van der Waals surface area contributed by atoms with Crippen molar-refractivity contribution in [1.29, 1.82) is 0 Å². The van der Waals surface area contributed by atoms with Crippen LogP contribution in [0.1, 0.15) is 36.1 Å². The highest BCUT2D eigenvalue weighted by Crippen LogP contribution is 2.25. The second kappa shape index (κ2) is 5.84. The van der Waals surface area contributed by atoms with Crippen molar-refractivity contribution in [3.05, 3.63) is 40.9 Å². The van der Waals surface area contributed by atoms with Gasteiger partial charge in [-0.1, -0.05) is 17.7 Å². The van der Waals surface area contributed by atoms with Crippen molar-refractivity contribution < 1.29 is 9.53 Å². The van der Waals surface area contributed by atoms with Gasteiger partial charge in [0.25, 0.3) is 0 Å². The first-order chi connectivity index (χ1) is 9.13. The molecular weight excluding hydrogens is 266 g/mol. The molecule has 0 atom stereocenters. The van der Waals surface area contributed by atoms with Crippen LogP contribution in [0.15, 0.2) is 24.5 Å². The molecule has 1 heterocycles. The van der Waals surface area contributed by atoms with Gasteiger partial charge in [0.2, 0.25) is 0 Å². The quantitative estimate of drug-likeness (QED) is 0.790. The van der Waals surface area contributed by atoms with Crippen LogP contribution in [0.2, 0.25) is 5.02 Å². The van der Waals surface area contributed by atoms with Gasteiger partial charge in [0, 0.05) is 6.04 Å². The van der Waals surface area contributed by atoms with Crippen LogP contribution in [0, 0.1) is 0 Å². The van der Waals surface area contributed by atoms with Gasteiger partial charge in [0.05, 0.1) is 10.6 Å². The fourth-order valence-corrected chi connectivity index (χ4v) is 1.92. The monoisotopic (exact) mass is 279 g/mol. The summed E-state index contributed by atoms with van der Waals surface area (Å²) >= 11 is 5.93. The number of hydrogen-bond donors (Lipinski definition) is 0. The predicted molar refractivity (Wildman–Crippen MR) is 71.6 cm³/mol. The van der Waals surface area contributed by atoms with E-state index in [4.69, 9.17) is 16.3 Å². The van der Waals surface area contributed by atoms with Crippen LogP contribution in [0.3, 0.4) is 0 Å². The third kappa shape index (κ3) is 2.93. The lowest BCUT2D eigenvalue weighted by Gasteiger charge is -2.11. The SMILES string of the molecule is CC(C)n1ncnc1COc1cccc(Cl)c1C=O. The first kappa shape index (κ1) is 13.5. The molecule has 1 aromatic carbocycles. The summed E-state index contributed by atoms with van der Waals surface area (Å²) in [6.07, 6.45) is 2.17. The van der Waals surface area contributed by atoms with Crippen LogP contribution in [0.4, 0.5) is 0 Å². The standard InChI is InChI=1S/C13H14ClN3O2/c1-9(2)17-13(15-8-16-17)7-19-12-5-3-4-11(14)10(12)6-18/h3-6,8-9H,7H2,1-2H3. The maximum absolute atomic E-state index is 11.0. The first-order valence-electron chi connectivity index (χ1n) is 5.88. The molecule has 19 heavy (non-hydrogen) atoms. The van der Waals surface area contributed by atoms with Gasteiger partial charge in [-0.25, -0.2) is 9.67 Å². The van der Waals surface area contributed by atoms with Crippen LogP contribution in [0.25, 0.3) is 0 Å². The summed E-state index contributed by atoms with van der Waals surface area (Å²) in [6, 6.07) is 5.28. The number of benzene rings is 1. The maximum atomic E-state index is 11.0. The highest BCUT2D eigenvalue weighted by molar-refractivity contribution is 6.33. The Morgan fingerprint density at radius 1 is 1.47 bits per heavy atom. The number of carbonyl (C=O) groups excluding carboxylic acids is 1. The second-order valence-corrected chi connectivity index (χ2v) is 4.68. The minimum atomic E-state index is 0.200. The van der Waals surface area contributed by atoms with Crippen LogP contribution in [-0.4, -0.2) is 21.1 Å². The number of rotatable bonds is 5. The van der Waals surface area contributed by atoms with Crippen molar-refractivity contribution in [2.75, 3.05) is 0 Å². The number of ether oxygens (including phenoxy) is 1. The molecule has 0 N–H and O–H groups in total. The summed E-state index contributed by atoms with van der Waals surface area (Å²) in [5, 5.41) is 4.49. The van der Waals surface area contributed by atoms with E-state index in [9.17, 15) is 4.79 Å². The lowest BCUT2D eigenvalue weighted by Crippen LogP contribution is -2.11. The molecule has 0 radical (unpaired) electrons. The number of carbonyl (C=O) groups is 1. The average molecular weight is 280 g/mol. The van der Waals surface area contributed by atoms with Gasteiger partial charge >= 0.3 is 0 Å². The van der Waals surface area contributed by atoms with E-state index in [0.717, 1.165) is 0 Å². The topological polar surface area (TPSA) is 57.0 Å². The minimum absolute atomic E-state index is 0.200. The van der Waals surface area contributed by atoms with Gasteiger partial charge < -0.3 is 4.74 Å². The first-order valence-corrected chi connectivity index (χ1v) is 6.26. The molecule has 5 nitrogen and oxygen atoms in total. The van der Waals surface area contributed by atoms with E-state index in [1.54, 1.807) is 22.9 Å². The third-order valence-electron chi connectivity index (χ3n) is 2.62. The van der Waals surface area contributed by atoms with Gasteiger partial charge in [0.1, 0.15) is 18.7 Å². The molecule has 2 rings (SSSR count). The molecule has 2 aromatic rings. The van der Waals surface area contributed by atoms with E-state index >= 15 is 0 Å². The van der Waals surface area contributed by atoms with Crippen LogP contribution in [0.5, 0.6) is 5.75 Å². The Morgan fingerprint density at radius 3 is 2.95 bits per heavy atom. The van der Waals surface area contributed by atoms with Crippen LogP contribution < -0.4 is 4.74 Å². The normalized spacial score (nSPS) is 10.7. The van der Waals surface area contributed by atoms with Crippen molar-refractivity contribution in [2.45, 2.75) is 26.5 Å². The molecule has 0 saturated heterocycles. The lowest BCUT2D eigenvalue weighted by atomic mass is 10.2. The minimum Gasteiger partial charge on any atom is -0.485 e. The number of nitrogens with zero attached hydrogens (tertiary/aromatic N) is 3. The van der Waals surface area contributed by atoms with E-state index in [-0.39, 0.29) is 12.6 Å². The number of aromatic nitrogens is 3. The molecular formula is C13H14ClN3O2. The molecule has 0 saturated carbocycles. The highest BCUT2D eigenvalue weighted by Gasteiger charge is 2.11. The lowest BCUT2D eigenvalue weighted by molar-refractivity contribution is 0.111. The molecule has 0 amide bonds. The second-order valence-electron chi connectivity index (χ2n) is 4.27. The molecule has 0 unspecified atom stereocenters. The number of hydrogen-bond acceptors (Lipinski definition) is 4. The molecule has 6 heteroatoms. The summed E-state index contributed by atoms with van der Waals surface area (Å²) < 4.78 is 7.37. The zero-order valence-electron chi connectivity index (χ0n) is 10.7. The molecule has 100 valence electrons. The summed E-state index contributed by atoms with van der Waals surface area (Å²) in [6.45, 7) is 4.25. The fourth-order valence-electron chi connectivity index (χ4n) is 1.71. The zero-order chi connectivity index (χ0) is 13.8. The Bertz CT molecular complexity index is 581. The van der Waals surface area contributed by atoms with Gasteiger partial charge in [-0.2, -0.15) is 5.10 Å². The predicted octanol–water partition coefficient (Wildman–Crippen LogP) is 2.90. The Labute approximate surface area is 116 Å². The van der Waals surface area contributed by atoms with E-state index in [0.29, 0.717) is 28.4 Å².